The van der Waals surface area contributed by atoms with Gasteiger partial charge in [0.05, 0.1) is 14.9 Å². The molecule has 0 bridgehead atoms. The lowest BCUT2D eigenvalue weighted by Crippen LogP contribution is -2.42. The zero-order chi connectivity index (χ0) is 13.3. The van der Waals surface area contributed by atoms with Gasteiger partial charge in [-0.05, 0) is 41.3 Å². The number of sulfonamides is 1. The lowest BCUT2D eigenvalue weighted by molar-refractivity contribution is 0.297. The maximum atomic E-state index is 12.4. The van der Waals surface area contributed by atoms with Crippen LogP contribution in [0, 0.1) is 11.3 Å². The molecule has 2 heterocycles. The van der Waals surface area contributed by atoms with Crippen molar-refractivity contribution in [1.29, 1.82) is 5.26 Å². The molecular weight excluding hydrogens is 360 g/mol. The second-order valence-electron chi connectivity index (χ2n) is 3.94. The van der Waals surface area contributed by atoms with Crippen LogP contribution in [0.15, 0.2) is 14.1 Å². The summed E-state index contributed by atoms with van der Waals surface area (Å²) in [4.78, 5) is 0. The molecule has 1 saturated heterocycles. The first-order chi connectivity index (χ1) is 8.46. The molecule has 0 aromatic carbocycles. The summed E-state index contributed by atoms with van der Waals surface area (Å²) in [7, 11) is -3.61. The Bertz CT molecular complexity index is 574. The number of hydrogen-bond donors (Lipinski definition) is 0. The molecule has 0 aliphatic carbocycles. The quantitative estimate of drug-likeness (QED) is 0.804. The maximum Gasteiger partial charge on any atom is 0.253 e. The van der Waals surface area contributed by atoms with Crippen LogP contribution in [0.2, 0.25) is 5.02 Å². The van der Waals surface area contributed by atoms with E-state index in [4.69, 9.17) is 16.9 Å². The third-order valence-corrected chi connectivity index (χ3v) is 7.62. The monoisotopic (exact) mass is 368 g/mol. The smallest absolute Gasteiger partial charge is 0.206 e. The molecule has 1 fully saturated rings. The zero-order valence-electron chi connectivity index (χ0n) is 9.27. The fraction of sp³-hybridized carbons (Fsp3) is 0.500. The summed E-state index contributed by atoms with van der Waals surface area (Å²) >= 11 is 10.1. The van der Waals surface area contributed by atoms with Crippen LogP contribution in [-0.2, 0) is 10.0 Å². The van der Waals surface area contributed by atoms with E-state index in [1.165, 1.54) is 10.4 Å². The standard InChI is InChI=1S/C10H10BrClN2O2S2/c11-10-8(12)5-9(17-10)18(15,16)14-4-2-1-3-7(14)6-13/h5,7H,1-4H2. The number of nitrogens with zero attached hydrogens (tertiary/aromatic N) is 2. The van der Waals surface area contributed by atoms with Crippen molar-refractivity contribution in [3.63, 3.8) is 0 Å². The number of halogens is 2. The normalized spacial score (nSPS) is 21.7. The minimum absolute atomic E-state index is 0.182. The number of piperidine rings is 1. The van der Waals surface area contributed by atoms with Gasteiger partial charge in [-0.15, -0.1) is 11.3 Å². The van der Waals surface area contributed by atoms with E-state index in [0.717, 1.165) is 24.2 Å². The highest BCUT2D eigenvalue weighted by atomic mass is 79.9. The fourth-order valence-electron chi connectivity index (χ4n) is 1.89. The van der Waals surface area contributed by atoms with Crippen molar-refractivity contribution in [2.75, 3.05) is 6.54 Å². The Labute approximate surface area is 123 Å². The summed E-state index contributed by atoms with van der Waals surface area (Å²) in [6.07, 6.45) is 2.27. The van der Waals surface area contributed by atoms with E-state index in [1.807, 2.05) is 0 Å². The molecule has 1 aromatic rings. The first kappa shape index (κ1) is 14.3. The number of hydrogen-bond acceptors (Lipinski definition) is 4. The molecule has 4 nitrogen and oxygen atoms in total. The molecular formula is C10H10BrClN2O2S2. The Hall–Kier alpha value is -0.130. The highest BCUT2D eigenvalue weighted by molar-refractivity contribution is 9.11. The number of nitriles is 1. The third kappa shape index (κ3) is 2.58. The zero-order valence-corrected chi connectivity index (χ0v) is 13.2. The third-order valence-electron chi connectivity index (χ3n) is 2.79. The molecule has 0 spiro atoms. The highest BCUT2D eigenvalue weighted by Gasteiger charge is 2.34. The second-order valence-corrected chi connectivity index (χ2v) is 8.84. The average Bonchev–Trinajstić information content (AvgIpc) is 2.70. The van der Waals surface area contributed by atoms with Crippen LogP contribution in [0.4, 0.5) is 0 Å². The van der Waals surface area contributed by atoms with E-state index >= 15 is 0 Å². The lowest BCUT2D eigenvalue weighted by atomic mass is 10.1. The van der Waals surface area contributed by atoms with E-state index in [2.05, 4.69) is 22.0 Å². The first-order valence-corrected chi connectivity index (χ1v) is 8.76. The Morgan fingerprint density at radius 2 is 2.28 bits per heavy atom. The second kappa shape index (κ2) is 5.47. The van der Waals surface area contributed by atoms with E-state index in [9.17, 15) is 8.42 Å². The van der Waals surface area contributed by atoms with Gasteiger partial charge in [0.2, 0.25) is 0 Å². The SMILES string of the molecule is N#CC1CCCCN1S(=O)(=O)c1cc(Cl)c(Br)s1. The van der Waals surface area contributed by atoms with Gasteiger partial charge in [-0.3, -0.25) is 0 Å². The van der Waals surface area contributed by atoms with Gasteiger partial charge in [0, 0.05) is 6.54 Å². The van der Waals surface area contributed by atoms with Gasteiger partial charge < -0.3 is 0 Å². The van der Waals surface area contributed by atoms with Gasteiger partial charge in [-0.2, -0.15) is 9.57 Å². The maximum absolute atomic E-state index is 12.4. The van der Waals surface area contributed by atoms with Crippen molar-refractivity contribution in [3.05, 3.63) is 14.9 Å². The van der Waals surface area contributed by atoms with E-state index in [-0.39, 0.29) is 4.21 Å². The van der Waals surface area contributed by atoms with E-state index < -0.39 is 16.1 Å². The Kier molecular flexibility index (Phi) is 4.34. The van der Waals surface area contributed by atoms with Crippen molar-refractivity contribution < 1.29 is 8.42 Å². The van der Waals surface area contributed by atoms with Crippen LogP contribution >= 0.6 is 38.9 Å². The molecule has 2 rings (SSSR count). The summed E-state index contributed by atoms with van der Waals surface area (Å²) in [5.41, 5.74) is 0. The minimum Gasteiger partial charge on any atom is -0.206 e. The Balaban J connectivity index is 2.38. The van der Waals surface area contributed by atoms with Gasteiger partial charge in [-0.1, -0.05) is 11.6 Å². The number of rotatable bonds is 2. The fourth-order valence-corrected chi connectivity index (χ4v) is 6.03. The molecule has 18 heavy (non-hydrogen) atoms. The number of thiophene rings is 1. The molecule has 1 unspecified atom stereocenters. The molecule has 0 radical (unpaired) electrons. The predicted octanol–water partition coefficient (Wildman–Crippen LogP) is 3.23. The Morgan fingerprint density at radius 1 is 1.56 bits per heavy atom. The molecule has 8 heteroatoms. The molecule has 0 saturated carbocycles. The molecule has 98 valence electrons. The summed E-state index contributed by atoms with van der Waals surface area (Å²) in [6, 6.07) is 2.92. The van der Waals surface area contributed by atoms with Crippen LogP contribution in [0.25, 0.3) is 0 Å². The largest absolute Gasteiger partial charge is 0.253 e. The predicted molar refractivity (Wildman–Crippen MR) is 74.2 cm³/mol. The van der Waals surface area contributed by atoms with E-state index in [1.54, 1.807) is 0 Å². The molecule has 0 amide bonds. The van der Waals surface area contributed by atoms with Gasteiger partial charge >= 0.3 is 0 Å². The van der Waals surface area contributed by atoms with Crippen LogP contribution in [0.5, 0.6) is 0 Å². The van der Waals surface area contributed by atoms with Gasteiger partial charge in [0.1, 0.15) is 10.3 Å². The minimum atomic E-state index is -3.61. The van der Waals surface area contributed by atoms with Crippen molar-refractivity contribution in [2.45, 2.75) is 29.5 Å². The van der Waals surface area contributed by atoms with Gasteiger partial charge in [-0.25, -0.2) is 8.42 Å². The molecule has 1 aliphatic rings. The summed E-state index contributed by atoms with van der Waals surface area (Å²) < 4.78 is 26.9. The van der Waals surface area contributed by atoms with Crippen LogP contribution in [0.1, 0.15) is 19.3 Å². The van der Waals surface area contributed by atoms with Crippen molar-refractivity contribution in [3.8, 4) is 6.07 Å². The molecule has 0 N–H and O–H groups in total. The lowest BCUT2D eigenvalue weighted by Gasteiger charge is -2.29. The topological polar surface area (TPSA) is 61.2 Å². The van der Waals surface area contributed by atoms with E-state index in [0.29, 0.717) is 21.8 Å². The molecule has 1 aliphatic heterocycles. The van der Waals surface area contributed by atoms with Gasteiger partial charge in [0.15, 0.2) is 0 Å². The average molecular weight is 370 g/mol. The van der Waals surface area contributed by atoms with Crippen molar-refractivity contribution >= 4 is 48.9 Å². The highest BCUT2D eigenvalue weighted by Crippen LogP contribution is 2.37. The molecule has 1 aromatic heterocycles. The van der Waals surface area contributed by atoms with Crippen molar-refractivity contribution in [1.82, 2.24) is 4.31 Å². The van der Waals surface area contributed by atoms with Gasteiger partial charge in [0.25, 0.3) is 10.0 Å². The summed E-state index contributed by atoms with van der Waals surface area (Å²) in [5, 5.41) is 9.42. The summed E-state index contributed by atoms with van der Waals surface area (Å²) in [6.45, 7) is 0.397. The Morgan fingerprint density at radius 3 is 2.83 bits per heavy atom. The van der Waals surface area contributed by atoms with Crippen molar-refractivity contribution in [2.24, 2.45) is 0 Å². The summed E-state index contributed by atoms with van der Waals surface area (Å²) in [5.74, 6) is 0. The van der Waals surface area contributed by atoms with Crippen LogP contribution < -0.4 is 0 Å². The molecule has 1 atom stereocenters. The first-order valence-electron chi connectivity index (χ1n) is 5.33. The van der Waals surface area contributed by atoms with Crippen LogP contribution in [-0.4, -0.2) is 25.3 Å². The van der Waals surface area contributed by atoms with Crippen LogP contribution in [0.3, 0.4) is 0 Å².